The molecular formula is C12H23N. The number of piperidine rings is 1. The monoisotopic (exact) mass is 181 g/mol. The molecule has 0 spiro atoms. The van der Waals surface area contributed by atoms with Crippen LogP contribution in [0, 0.1) is 11.3 Å². The first kappa shape index (κ1) is 9.51. The third-order valence-corrected chi connectivity index (χ3v) is 4.13. The van der Waals surface area contributed by atoms with Crippen molar-refractivity contribution in [2.45, 2.75) is 46.0 Å². The Hall–Kier alpha value is -0.0400. The van der Waals surface area contributed by atoms with Crippen LogP contribution in [0.25, 0.3) is 0 Å². The quantitative estimate of drug-likeness (QED) is 0.647. The second kappa shape index (κ2) is 3.61. The average Bonchev–Trinajstić information content (AvgIpc) is 2.93. The minimum absolute atomic E-state index is 0.667. The third-order valence-electron chi connectivity index (χ3n) is 4.13. The van der Waals surface area contributed by atoms with Gasteiger partial charge in [0.15, 0.2) is 0 Å². The molecule has 13 heavy (non-hydrogen) atoms. The molecule has 0 bridgehead atoms. The van der Waals surface area contributed by atoms with Crippen LogP contribution in [0.15, 0.2) is 0 Å². The molecule has 1 heteroatoms. The van der Waals surface area contributed by atoms with Crippen molar-refractivity contribution in [1.29, 1.82) is 0 Å². The molecule has 0 unspecified atom stereocenters. The lowest BCUT2D eigenvalue weighted by atomic mass is 9.78. The van der Waals surface area contributed by atoms with E-state index in [2.05, 4.69) is 18.7 Å². The summed E-state index contributed by atoms with van der Waals surface area (Å²) >= 11 is 0. The van der Waals surface area contributed by atoms with Crippen LogP contribution in [-0.4, -0.2) is 24.5 Å². The van der Waals surface area contributed by atoms with E-state index in [1.54, 1.807) is 0 Å². The summed E-state index contributed by atoms with van der Waals surface area (Å²) in [6.45, 7) is 8.93. The topological polar surface area (TPSA) is 3.24 Å². The smallest absolute Gasteiger partial charge is 0.000967 e. The Bertz CT molecular complexity index is 164. The first-order chi connectivity index (χ1) is 6.22. The summed E-state index contributed by atoms with van der Waals surface area (Å²) in [5, 5.41) is 0. The largest absolute Gasteiger partial charge is 0.303 e. The second-order valence-corrected chi connectivity index (χ2v) is 5.41. The summed E-state index contributed by atoms with van der Waals surface area (Å²) in [5.74, 6) is 1.07. The summed E-state index contributed by atoms with van der Waals surface area (Å²) in [7, 11) is 0. The van der Waals surface area contributed by atoms with Gasteiger partial charge in [-0.15, -0.1) is 0 Å². The van der Waals surface area contributed by atoms with E-state index in [0.29, 0.717) is 5.41 Å². The van der Waals surface area contributed by atoms with Crippen molar-refractivity contribution in [3.63, 3.8) is 0 Å². The Morgan fingerprint density at radius 1 is 1.23 bits per heavy atom. The number of nitrogens with zero attached hydrogens (tertiary/aromatic N) is 1. The van der Waals surface area contributed by atoms with Crippen molar-refractivity contribution in [1.82, 2.24) is 4.90 Å². The Balaban J connectivity index is 1.74. The van der Waals surface area contributed by atoms with Crippen LogP contribution < -0.4 is 0 Å². The zero-order valence-corrected chi connectivity index (χ0v) is 9.18. The van der Waals surface area contributed by atoms with E-state index in [-0.39, 0.29) is 0 Å². The van der Waals surface area contributed by atoms with Crippen LogP contribution in [0.2, 0.25) is 0 Å². The Morgan fingerprint density at radius 2 is 1.85 bits per heavy atom. The Morgan fingerprint density at radius 3 is 2.31 bits per heavy atom. The van der Waals surface area contributed by atoms with Crippen LogP contribution in [0.1, 0.15) is 46.0 Å². The fourth-order valence-corrected chi connectivity index (χ4v) is 2.29. The maximum absolute atomic E-state index is 2.69. The average molecular weight is 181 g/mol. The molecule has 2 fully saturated rings. The SMILES string of the molecule is CCC1(C)CCN(CC2CC2)CC1. The van der Waals surface area contributed by atoms with Gasteiger partial charge < -0.3 is 4.90 Å². The van der Waals surface area contributed by atoms with Crippen molar-refractivity contribution in [2.75, 3.05) is 19.6 Å². The van der Waals surface area contributed by atoms with Gasteiger partial charge in [-0.05, 0) is 50.1 Å². The summed E-state index contributed by atoms with van der Waals surface area (Å²) in [5.41, 5.74) is 0.667. The molecule has 0 aromatic heterocycles. The van der Waals surface area contributed by atoms with Crippen molar-refractivity contribution >= 4 is 0 Å². The van der Waals surface area contributed by atoms with Gasteiger partial charge in [0, 0.05) is 6.54 Å². The zero-order valence-electron chi connectivity index (χ0n) is 9.18. The fourth-order valence-electron chi connectivity index (χ4n) is 2.29. The lowest BCUT2D eigenvalue weighted by Gasteiger charge is -2.39. The van der Waals surface area contributed by atoms with Gasteiger partial charge in [0.25, 0.3) is 0 Å². The predicted octanol–water partition coefficient (Wildman–Crippen LogP) is 2.91. The van der Waals surface area contributed by atoms with E-state index in [9.17, 15) is 0 Å². The standard InChI is InChI=1S/C12H23N/c1-3-12(2)6-8-13(9-7-12)10-11-4-5-11/h11H,3-10H2,1-2H3. The maximum Gasteiger partial charge on any atom is 0.000967 e. The normalized spacial score (nSPS) is 29.1. The van der Waals surface area contributed by atoms with Crippen LogP contribution >= 0.6 is 0 Å². The molecule has 0 aromatic rings. The summed E-state index contributed by atoms with van der Waals surface area (Å²) in [6.07, 6.45) is 7.22. The van der Waals surface area contributed by atoms with E-state index in [1.165, 1.54) is 51.7 Å². The van der Waals surface area contributed by atoms with Gasteiger partial charge in [-0.2, -0.15) is 0 Å². The number of rotatable bonds is 3. The third kappa shape index (κ3) is 2.46. The molecule has 0 N–H and O–H groups in total. The van der Waals surface area contributed by atoms with E-state index >= 15 is 0 Å². The molecule has 1 saturated carbocycles. The summed E-state index contributed by atoms with van der Waals surface area (Å²) < 4.78 is 0. The Labute approximate surface area is 82.5 Å². The van der Waals surface area contributed by atoms with Gasteiger partial charge in [0.2, 0.25) is 0 Å². The van der Waals surface area contributed by atoms with Gasteiger partial charge in [-0.3, -0.25) is 0 Å². The van der Waals surface area contributed by atoms with E-state index in [4.69, 9.17) is 0 Å². The first-order valence-electron chi connectivity index (χ1n) is 5.94. The van der Waals surface area contributed by atoms with Gasteiger partial charge in [-0.25, -0.2) is 0 Å². The highest BCUT2D eigenvalue weighted by Crippen LogP contribution is 2.36. The highest BCUT2D eigenvalue weighted by Gasteiger charge is 2.31. The van der Waals surface area contributed by atoms with Gasteiger partial charge >= 0.3 is 0 Å². The molecule has 0 atom stereocenters. The molecule has 1 aliphatic carbocycles. The number of likely N-dealkylation sites (tertiary alicyclic amines) is 1. The van der Waals surface area contributed by atoms with Gasteiger partial charge in [0.05, 0.1) is 0 Å². The van der Waals surface area contributed by atoms with Crippen molar-refractivity contribution in [3.8, 4) is 0 Å². The number of hydrogen-bond donors (Lipinski definition) is 0. The molecule has 0 radical (unpaired) electrons. The van der Waals surface area contributed by atoms with Crippen molar-refractivity contribution in [3.05, 3.63) is 0 Å². The predicted molar refractivity (Wildman–Crippen MR) is 56.8 cm³/mol. The lowest BCUT2D eigenvalue weighted by Crippen LogP contribution is -2.39. The van der Waals surface area contributed by atoms with E-state index in [1.807, 2.05) is 0 Å². The summed E-state index contributed by atoms with van der Waals surface area (Å²) in [4.78, 5) is 2.69. The first-order valence-corrected chi connectivity index (χ1v) is 5.94. The lowest BCUT2D eigenvalue weighted by molar-refractivity contribution is 0.111. The molecule has 2 rings (SSSR count). The van der Waals surface area contributed by atoms with Crippen LogP contribution in [0.4, 0.5) is 0 Å². The fraction of sp³-hybridized carbons (Fsp3) is 1.00. The second-order valence-electron chi connectivity index (χ2n) is 5.41. The molecule has 1 nitrogen and oxygen atoms in total. The zero-order chi connectivity index (χ0) is 9.31. The highest BCUT2D eigenvalue weighted by molar-refractivity contribution is 4.84. The molecule has 2 aliphatic rings. The van der Waals surface area contributed by atoms with E-state index in [0.717, 1.165) is 5.92 Å². The molecule has 1 aliphatic heterocycles. The van der Waals surface area contributed by atoms with Crippen molar-refractivity contribution < 1.29 is 0 Å². The minimum atomic E-state index is 0.667. The highest BCUT2D eigenvalue weighted by atomic mass is 15.1. The minimum Gasteiger partial charge on any atom is -0.303 e. The van der Waals surface area contributed by atoms with Crippen LogP contribution in [0.5, 0.6) is 0 Å². The van der Waals surface area contributed by atoms with Gasteiger partial charge in [-0.1, -0.05) is 20.3 Å². The number of hydrogen-bond acceptors (Lipinski definition) is 1. The van der Waals surface area contributed by atoms with Crippen LogP contribution in [-0.2, 0) is 0 Å². The molecule has 0 aromatic carbocycles. The van der Waals surface area contributed by atoms with Crippen molar-refractivity contribution in [2.24, 2.45) is 11.3 Å². The van der Waals surface area contributed by atoms with E-state index < -0.39 is 0 Å². The van der Waals surface area contributed by atoms with Crippen LogP contribution in [0.3, 0.4) is 0 Å². The maximum atomic E-state index is 2.69. The molecule has 0 amide bonds. The van der Waals surface area contributed by atoms with Gasteiger partial charge in [0.1, 0.15) is 0 Å². The molecule has 1 heterocycles. The molecule has 76 valence electrons. The molecule has 1 saturated heterocycles. The summed E-state index contributed by atoms with van der Waals surface area (Å²) in [6, 6.07) is 0. The molecular weight excluding hydrogens is 158 g/mol. The Kier molecular flexibility index (Phi) is 2.64.